The molecule has 1 aromatic carbocycles. The van der Waals surface area contributed by atoms with Crippen molar-refractivity contribution in [3.63, 3.8) is 0 Å². The Balaban J connectivity index is 2.19. The number of aliphatic carboxylic acids is 1. The van der Waals surface area contributed by atoms with Gasteiger partial charge in [0.05, 0.1) is 14.2 Å². The molecule has 2 aliphatic heterocycles. The van der Waals surface area contributed by atoms with E-state index in [1.165, 1.54) is 0 Å². The van der Waals surface area contributed by atoms with Crippen LogP contribution in [0.5, 0.6) is 11.5 Å². The van der Waals surface area contributed by atoms with Gasteiger partial charge in [-0.25, -0.2) is 0 Å². The predicted molar refractivity (Wildman–Crippen MR) is 77.0 cm³/mol. The quantitative estimate of drug-likeness (QED) is 0.853. The minimum atomic E-state index is -0.957. The average Bonchev–Trinajstić information content (AvgIpc) is 2.83. The lowest BCUT2D eigenvalue weighted by molar-refractivity contribution is -0.145. The largest absolute Gasteiger partial charge is 0.493 e. The minimum absolute atomic E-state index is 0.159. The van der Waals surface area contributed by atoms with Crippen LogP contribution in [0.25, 0.3) is 0 Å². The molecule has 2 atom stereocenters. The van der Waals surface area contributed by atoms with Crippen molar-refractivity contribution < 1.29 is 19.4 Å². The van der Waals surface area contributed by atoms with Gasteiger partial charge in [-0.1, -0.05) is 6.07 Å². The third-order valence-corrected chi connectivity index (χ3v) is 4.61. The molecule has 0 aliphatic carbocycles. The van der Waals surface area contributed by atoms with Gasteiger partial charge < -0.3 is 19.5 Å². The van der Waals surface area contributed by atoms with Gasteiger partial charge in [0, 0.05) is 31.1 Å². The third kappa shape index (κ3) is 1.90. The van der Waals surface area contributed by atoms with Gasteiger partial charge in [0.15, 0.2) is 11.5 Å². The van der Waals surface area contributed by atoms with E-state index < -0.39 is 11.5 Å². The molecule has 0 bridgehead atoms. The number of benzene rings is 1. The zero-order chi connectivity index (χ0) is 15.2. The van der Waals surface area contributed by atoms with E-state index in [0.717, 1.165) is 11.1 Å². The summed E-state index contributed by atoms with van der Waals surface area (Å²) in [4.78, 5) is 13.9. The van der Waals surface area contributed by atoms with Crippen molar-refractivity contribution in [3.8, 4) is 11.5 Å². The fourth-order valence-corrected chi connectivity index (χ4v) is 3.66. The number of rotatable bonds is 3. The zero-order valence-electron chi connectivity index (χ0n) is 12.5. The second-order valence-electron chi connectivity index (χ2n) is 5.75. The molecule has 0 unspecified atom stereocenters. The van der Waals surface area contributed by atoms with Crippen LogP contribution in [0.1, 0.15) is 17.0 Å². The average molecular weight is 292 g/mol. The van der Waals surface area contributed by atoms with E-state index in [4.69, 9.17) is 9.47 Å². The van der Waals surface area contributed by atoms with Crippen LogP contribution in [0.4, 0.5) is 0 Å². The monoisotopic (exact) mass is 292 g/mol. The first-order valence-corrected chi connectivity index (χ1v) is 6.94. The van der Waals surface area contributed by atoms with Crippen LogP contribution in [0.3, 0.4) is 0 Å². The summed E-state index contributed by atoms with van der Waals surface area (Å²) in [6.45, 7) is 1.68. The molecule has 0 spiro atoms. The first kappa shape index (κ1) is 14.2. The maximum absolute atomic E-state index is 11.9. The summed E-state index contributed by atoms with van der Waals surface area (Å²) in [7, 11) is 5.13. The molecule has 6 nitrogen and oxygen atoms in total. The second kappa shape index (κ2) is 4.89. The van der Waals surface area contributed by atoms with E-state index in [9.17, 15) is 9.90 Å². The maximum atomic E-state index is 11.9. The van der Waals surface area contributed by atoms with Gasteiger partial charge >= 0.3 is 5.97 Å². The topological polar surface area (TPSA) is 71.0 Å². The van der Waals surface area contributed by atoms with Crippen molar-refractivity contribution in [2.24, 2.45) is 0 Å². The Morgan fingerprint density at radius 1 is 1.43 bits per heavy atom. The Bertz CT molecular complexity index is 589. The number of likely N-dealkylation sites (N-methyl/N-ethyl adjacent to an activating group) is 1. The molecule has 0 amide bonds. The smallest absolute Gasteiger partial charge is 0.325 e. The van der Waals surface area contributed by atoms with E-state index in [2.05, 4.69) is 5.32 Å². The van der Waals surface area contributed by atoms with Crippen molar-refractivity contribution in [1.29, 1.82) is 0 Å². The van der Waals surface area contributed by atoms with E-state index >= 15 is 0 Å². The van der Waals surface area contributed by atoms with Crippen LogP contribution in [0, 0.1) is 0 Å². The van der Waals surface area contributed by atoms with Gasteiger partial charge in [0.2, 0.25) is 0 Å². The number of nitrogens with one attached hydrogen (secondary N) is 1. The second-order valence-corrected chi connectivity index (χ2v) is 5.75. The Hall–Kier alpha value is -1.79. The van der Waals surface area contributed by atoms with E-state index in [-0.39, 0.29) is 5.92 Å². The number of carboxylic acid groups (broad SMARTS) is 1. The van der Waals surface area contributed by atoms with Crippen LogP contribution < -0.4 is 14.8 Å². The number of methoxy groups -OCH3 is 2. The fraction of sp³-hybridized carbons (Fsp3) is 0.533. The SMILES string of the molecule is COc1ccc2c(c1OC)[C@@H]1CN(C)C[C@]1(C(=O)O)NC2. The van der Waals surface area contributed by atoms with Gasteiger partial charge in [-0.05, 0) is 18.7 Å². The predicted octanol–water partition coefficient (Wildman–Crippen LogP) is 0.659. The molecule has 2 heterocycles. The maximum Gasteiger partial charge on any atom is 0.325 e. The summed E-state index contributed by atoms with van der Waals surface area (Å²) in [5, 5.41) is 13.0. The van der Waals surface area contributed by atoms with Crippen LogP contribution >= 0.6 is 0 Å². The molecular formula is C15H20N2O4. The lowest BCUT2D eigenvalue weighted by Gasteiger charge is -2.38. The van der Waals surface area contributed by atoms with E-state index in [1.54, 1.807) is 14.2 Å². The lowest BCUT2D eigenvalue weighted by Crippen LogP contribution is -2.59. The minimum Gasteiger partial charge on any atom is -0.493 e. The molecule has 0 radical (unpaired) electrons. The summed E-state index contributed by atoms with van der Waals surface area (Å²) in [5.41, 5.74) is 1.08. The van der Waals surface area contributed by atoms with Crippen molar-refractivity contribution >= 4 is 5.97 Å². The third-order valence-electron chi connectivity index (χ3n) is 4.61. The van der Waals surface area contributed by atoms with Crippen LogP contribution in [0.15, 0.2) is 12.1 Å². The molecule has 0 aromatic heterocycles. The number of likely N-dealkylation sites (tertiary alicyclic amines) is 1. The summed E-state index contributed by atoms with van der Waals surface area (Å²) in [6, 6.07) is 3.85. The Kier molecular flexibility index (Phi) is 3.30. The molecule has 0 saturated carbocycles. The van der Waals surface area contributed by atoms with Crippen molar-refractivity contribution in [2.75, 3.05) is 34.4 Å². The molecule has 6 heteroatoms. The Morgan fingerprint density at radius 2 is 2.19 bits per heavy atom. The molecular weight excluding hydrogens is 272 g/mol. The summed E-state index contributed by atoms with van der Waals surface area (Å²) < 4.78 is 10.9. The lowest BCUT2D eigenvalue weighted by atomic mass is 9.76. The molecule has 2 N–H and O–H groups in total. The first-order chi connectivity index (χ1) is 10.0. The highest BCUT2D eigenvalue weighted by Crippen LogP contribution is 2.47. The highest BCUT2D eigenvalue weighted by Gasteiger charge is 2.55. The van der Waals surface area contributed by atoms with Crippen LogP contribution in [-0.4, -0.2) is 55.9 Å². The standard InChI is InChI=1S/C15H20N2O4/c1-17-7-10-12-9(4-5-11(20-2)13(12)21-3)6-16-15(10,8-17)14(18)19/h4-5,10,16H,6-8H2,1-3H3,(H,18,19)/t10-,15-/m0/s1. The molecule has 1 aromatic rings. The van der Waals surface area contributed by atoms with Gasteiger partial charge in [-0.2, -0.15) is 0 Å². The first-order valence-electron chi connectivity index (χ1n) is 6.94. The number of fused-ring (bicyclic) bond motifs is 3. The van der Waals surface area contributed by atoms with Crippen LogP contribution in [0.2, 0.25) is 0 Å². The highest BCUT2D eigenvalue weighted by molar-refractivity contribution is 5.83. The summed E-state index contributed by atoms with van der Waals surface area (Å²) >= 11 is 0. The molecule has 1 saturated heterocycles. The fourth-order valence-electron chi connectivity index (χ4n) is 3.66. The number of ether oxygens (including phenoxy) is 2. The van der Waals surface area contributed by atoms with Gasteiger partial charge in [0.25, 0.3) is 0 Å². The number of carbonyl (C=O) groups is 1. The molecule has 3 rings (SSSR count). The molecule has 2 aliphatic rings. The summed E-state index contributed by atoms with van der Waals surface area (Å²) in [6.07, 6.45) is 0. The molecule has 21 heavy (non-hydrogen) atoms. The summed E-state index contributed by atoms with van der Waals surface area (Å²) in [5.74, 6) is 0.329. The Labute approximate surface area is 123 Å². The molecule has 1 fully saturated rings. The van der Waals surface area contributed by atoms with Gasteiger partial charge in [-0.15, -0.1) is 0 Å². The van der Waals surface area contributed by atoms with Crippen molar-refractivity contribution in [2.45, 2.75) is 18.0 Å². The number of nitrogens with zero attached hydrogens (tertiary/aromatic N) is 1. The number of carboxylic acids is 1. The van der Waals surface area contributed by atoms with Crippen LogP contribution in [-0.2, 0) is 11.3 Å². The van der Waals surface area contributed by atoms with Crippen molar-refractivity contribution in [3.05, 3.63) is 23.3 Å². The van der Waals surface area contributed by atoms with Crippen molar-refractivity contribution in [1.82, 2.24) is 10.2 Å². The van der Waals surface area contributed by atoms with Gasteiger partial charge in [-0.3, -0.25) is 10.1 Å². The Morgan fingerprint density at radius 3 is 2.81 bits per heavy atom. The normalized spacial score (nSPS) is 27.9. The van der Waals surface area contributed by atoms with E-state index in [1.807, 2.05) is 24.1 Å². The number of hydrogen-bond acceptors (Lipinski definition) is 5. The zero-order valence-corrected chi connectivity index (χ0v) is 12.5. The molecule has 114 valence electrons. The highest BCUT2D eigenvalue weighted by atomic mass is 16.5. The number of hydrogen-bond donors (Lipinski definition) is 2. The van der Waals surface area contributed by atoms with Gasteiger partial charge in [0.1, 0.15) is 5.54 Å². The van der Waals surface area contributed by atoms with E-state index in [0.29, 0.717) is 31.1 Å².